The van der Waals surface area contributed by atoms with Gasteiger partial charge in [0.1, 0.15) is 0 Å². The van der Waals surface area contributed by atoms with Crippen LogP contribution in [0.3, 0.4) is 0 Å². The number of carbonyl (C=O) groups excluding carboxylic acids is 2. The van der Waals surface area contributed by atoms with E-state index in [0.29, 0.717) is 6.54 Å². The van der Waals surface area contributed by atoms with Crippen molar-refractivity contribution in [2.75, 3.05) is 20.2 Å². The van der Waals surface area contributed by atoms with Crippen LogP contribution in [0.1, 0.15) is 49.4 Å². The first-order chi connectivity index (χ1) is 11.0. The molecule has 0 aliphatic heterocycles. The molecule has 4 nitrogen and oxygen atoms in total. The zero-order chi connectivity index (χ0) is 17.2. The van der Waals surface area contributed by atoms with Crippen molar-refractivity contribution in [3.8, 4) is 0 Å². The third-order valence-corrected chi connectivity index (χ3v) is 3.55. The van der Waals surface area contributed by atoms with Crippen molar-refractivity contribution in [2.45, 2.75) is 39.0 Å². The normalized spacial score (nSPS) is 10.4. The van der Waals surface area contributed by atoms with Crippen LogP contribution < -0.4 is 0 Å². The van der Waals surface area contributed by atoms with Gasteiger partial charge in [-0.2, -0.15) is 0 Å². The molecule has 0 spiro atoms. The highest BCUT2D eigenvalue weighted by molar-refractivity contribution is 5.94. The molecule has 0 fully saturated rings. The molecule has 23 heavy (non-hydrogen) atoms. The average Bonchev–Trinajstić information content (AvgIpc) is 2.55. The molecular formula is C17H23F2NO3. The molecule has 1 aromatic rings. The van der Waals surface area contributed by atoms with Crippen LogP contribution in [0.4, 0.5) is 8.78 Å². The number of ether oxygens (including phenoxy) is 1. The first-order valence-electron chi connectivity index (χ1n) is 7.80. The Hall–Kier alpha value is -1.98. The van der Waals surface area contributed by atoms with Gasteiger partial charge in [0.2, 0.25) is 0 Å². The van der Waals surface area contributed by atoms with Gasteiger partial charge in [-0.3, -0.25) is 9.59 Å². The van der Waals surface area contributed by atoms with Gasteiger partial charge in [0.15, 0.2) is 11.6 Å². The highest BCUT2D eigenvalue weighted by Gasteiger charge is 2.18. The number of hydrogen-bond donors (Lipinski definition) is 0. The zero-order valence-electron chi connectivity index (χ0n) is 13.6. The van der Waals surface area contributed by atoms with E-state index in [1.807, 2.05) is 0 Å². The highest BCUT2D eigenvalue weighted by atomic mass is 19.2. The van der Waals surface area contributed by atoms with Crippen molar-refractivity contribution in [1.29, 1.82) is 0 Å². The first-order valence-corrected chi connectivity index (χ1v) is 7.80. The number of esters is 1. The summed E-state index contributed by atoms with van der Waals surface area (Å²) in [5.74, 6) is -2.88. The largest absolute Gasteiger partial charge is 0.469 e. The zero-order valence-corrected chi connectivity index (χ0v) is 13.6. The summed E-state index contributed by atoms with van der Waals surface area (Å²) in [5.41, 5.74) is 0.0734. The van der Waals surface area contributed by atoms with Gasteiger partial charge >= 0.3 is 5.97 Å². The molecule has 0 saturated heterocycles. The number of halogens is 2. The number of nitrogens with zero attached hydrogens (tertiary/aromatic N) is 1. The molecule has 6 heteroatoms. The summed E-state index contributed by atoms with van der Waals surface area (Å²) in [6, 6.07) is 3.06. The number of amides is 1. The van der Waals surface area contributed by atoms with Crippen LogP contribution in [0.5, 0.6) is 0 Å². The monoisotopic (exact) mass is 327 g/mol. The lowest BCUT2D eigenvalue weighted by Crippen LogP contribution is -2.34. The number of methoxy groups -OCH3 is 1. The van der Waals surface area contributed by atoms with E-state index in [1.54, 1.807) is 0 Å². The second kappa shape index (κ2) is 9.92. The summed E-state index contributed by atoms with van der Waals surface area (Å²) < 4.78 is 30.9. The molecule has 0 radical (unpaired) electrons. The van der Waals surface area contributed by atoms with Gasteiger partial charge < -0.3 is 9.64 Å². The molecule has 128 valence electrons. The van der Waals surface area contributed by atoms with Crippen molar-refractivity contribution in [1.82, 2.24) is 4.90 Å². The summed E-state index contributed by atoms with van der Waals surface area (Å²) >= 11 is 0. The fourth-order valence-corrected chi connectivity index (χ4v) is 2.18. The van der Waals surface area contributed by atoms with Gasteiger partial charge in [0.05, 0.1) is 13.5 Å². The first kappa shape index (κ1) is 19.1. The number of carbonyl (C=O) groups is 2. The lowest BCUT2D eigenvalue weighted by Gasteiger charge is -2.22. The van der Waals surface area contributed by atoms with E-state index in [-0.39, 0.29) is 18.5 Å². The molecule has 0 aromatic heterocycles. The third kappa shape index (κ3) is 6.34. The van der Waals surface area contributed by atoms with Gasteiger partial charge in [-0.05, 0) is 24.6 Å². The van der Waals surface area contributed by atoms with Crippen molar-refractivity contribution in [3.63, 3.8) is 0 Å². The summed E-state index contributed by atoms with van der Waals surface area (Å²) in [5, 5.41) is 0. The Kier molecular flexibility index (Phi) is 8.22. The molecule has 0 bridgehead atoms. The average molecular weight is 327 g/mol. The Bertz CT molecular complexity index is 535. The Labute approximate surface area is 135 Å². The van der Waals surface area contributed by atoms with E-state index in [9.17, 15) is 18.4 Å². The number of rotatable bonds is 9. The molecule has 1 rings (SSSR count). The minimum atomic E-state index is -1.06. The number of benzene rings is 1. The van der Waals surface area contributed by atoms with Crippen molar-refractivity contribution >= 4 is 11.9 Å². The molecule has 0 heterocycles. The van der Waals surface area contributed by atoms with E-state index >= 15 is 0 Å². The standard InChI is InChI=1S/C17H23F2NO3/c1-3-4-5-6-10-20(11-9-16(21)23-2)17(22)13-7-8-14(18)15(19)12-13/h7-8,12H,3-6,9-11H2,1-2H3. The van der Waals surface area contributed by atoms with Crippen LogP contribution in [-0.4, -0.2) is 37.0 Å². The quantitative estimate of drug-likeness (QED) is 0.515. The highest BCUT2D eigenvalue weighted by Crippen LogP contribution is 2.13. The van der Waals surface area contributed by atoms with Crippen molar-refractivity contribution < 1.29 is 23.1 Å². The maximum Gasteiger partial charge on any atom is 0.307 e. The second-order valence-corrected chi connectivity index (χ2v) is 5.31. The van der Waals surface area contributed by atoms with Gasteiger partial charge in [-0.15, -0.1) is 0 Å². The molecule has 0 unspecified atom stereocenters. The van der Waals surface area contributed by atoms with E-state index < -0.39 is 23.5 Å². The Balaban J connectivity index is 2.76. The third-order valence-electron chi connectivity index (χ3n) is 3.55. The number of unbranched alkanes of at least 4 members (excludes halogenated alkanes) is 3. The summed E-state index contributed by atoms with van der Waals surface area (Å²) in [6.45, 7) is 2.74. The molecule has 0 aliphatic rings. The van der Waals surface area contributed by atoms with E-state index in [0.717, 1.165) is 37.8 Å². The summed E-state index contributed by atoms with van der Waals surface area (Å²) in [6.07, 6.45) is 3.96. The van der Waals surface area contributed by atoms with Gasteiger partial charge in [0.25, 0.3) is 5.91 Å². The van der Waals surface area contributed by atoms with E-state index in [2.05, 4.69) is 11.7 Å². The van der Waals surface area contributed by atoms with Crippen LogP contribution >= 0.6 is 0 Å². The predicted molar refractivity (Wildman–Crippen MR) is 83.0 cm³/mol. The topological polar surface area (TPSA) is 46.6 Å². The minimum absolute atomic E-state index is 0.0691. The lowest BCUT2D eigenvalue weighted by molar-refractivity contribution is -0.140. The second-order valence-electron chi connectivity index (χ2n) is 5.31. The Morgan fingerprint density at radius 3 is 2.43 bits per heavy atom. The number of hydrogen-bond acceptors (Lipinski definition) is 3. The molecule has 0 saturated carbocycles. The van der Waals surface area contributed by atoms with Gasteiger partial charge in [-0.1, -0.05) is 26.2 Å². The summed E-state index contributed by atoms with van der Waals surface area (Å²) in [7, 11) is 1.28. The minimum Gasteiger partial charge on any atom is -0.469 e. The van der Waals surface area contributed by atoms with Gasteiger partial charge in [0, 0.05) is 18.7 Å². The Morgan fingerprint density at radius 1 is 1.09 bits per heavy atom. The molecule has 0 N–H and O–H groups in total. The molecule has 1 aromatic carbocycles. The fourth-order valence-electron chi connectivity index (χ4n) is 2.18. The maximum atomic E-state index is 13.3. The van der Waals surface area contributed by atoms with E-state index in [4.69, 9.17) is 0 Å². The van der Waals surface area contributed by atoms with Crippen molar-refractivity contribution in [3.05, 3.63) is 35.4 Å². The Morgan fingerprint density at radius 2 is 1.83 bits per heavy atom. The molecule has 1 amide bonds. The van der Waals surface area contributed by atoms with E-state index in [1.165, 1.54) is 18.1 Å². The van der Waals surface area contributed by atoms with Crippen LogP contribution in [0.25, 0.3) is 0 Å². The molecule has 0 atom stereocenters. The maximum absolute atomic E-state index is 13.3. The molecule has 0 aliphatic carbocycles. The van der Waals surface area contributed by atoms with Crippen LogP contribution in [0, 0.1) is 11.6 Å². The SMILES string of the molecule is CCCCCCN(CCC(=O)OC)C(=O)c1ccc(F)c(F)c1. The van der Waals surface area contributed by atoms with Crippen LogP contribution in [0.2, 0.25) is 0 Å². The summed E-state index contributed by atoms with van der Waals surface area (Å²) in [4.78, 5) is 25.2. The molecular weight excluding hydrogens is 304 g/mol. The fraction of sp³-hybridized carbons (Fsp3) is 0.529. The lowest BCUT2D eigenvalue weighted by atomic mass is 10.1. The smallest absolute Gasteiger partial charge is 0.307 e. The van der Waals surface area contributed by atoms with Gasteiger partial charge in [-0.25, -0.2) is 8.78 Å². The predicted octanol–water partition coefficient (Wildman–Crippen LogP) is 3.55. The van der Waals surface area contributed by atoms with Crippen LogP contribution in [0.15, 0.2) is 18.2 Å². The van der Waals surface area contributed by atoms with Crippen LogP contribution in [-0.2, 0) is 9.53 Å². The van der Waals surface area contributed by atoms with Crippen molar-refractivity contribution in [2.24, 2.45) is 0 Å².